The number of amides is 1. The summed E-state index contributed by atoms with van der Waals surface area (Å²) in [7, 11) is 1.97. The molecule has 120 valence electrons. The van der Waals surface area contributed by atoms with E-state index in [1.807, 2.05) is 32.7 Å². The van der Waals surface area contributed by atoms with Crippen LogP contribution in [-0.2, 0) is 9.53 Å². The maximum Gasteiger partial charge on any atom is 0.248 e. The van der Waals surface area contributed by atoms with Gasteiger partial charge >= 0.3 is 0 Å². The molecule has 1 amide bonds. The molecule has 3 nitrogen and oxygen atoms in total. The summed E-state index contributed by atoms with van der Waals surface area (Å²) in [5.41, 5.74) is 0.193. The van der Waals surface area contributed by atoms with Crippen LogP contribution in [0, 0.1) is 23.2 Å². The van der Waals surface area contributed by atoms with Crippen molar-refractivity contribution in [3.63, 3.8) is 0 Å². The predicted octanol–water partition coefficient (Wildman–Crippen LogP) is 3.48. The molecule has 4 fully saturated rings. The van der Waals surface area contributed by atoms with Crippen molar-refractivity contribution in [1.82, 2.24) is 4.90 Å². The van der Waals surface area contributed by atoms with Crippen LogP contribution in [-0.4, -0.2) is 36.6 Å². The Hall–Kier alpha value is -0.570. The van der Waals surface area contributed by atoms with Crippen LogP contribution < -0.4 is 0 Å². The summed E-state index contributed by atoms with van der Waals surface area (Å²) in [4.78, 5) is 14.3. The maximum atomic E-state index is 12.3. The summed E-state index contributed by atoms with van der Waals surface area (Å²) in [6.07, 6.45) is 8.46. The lowest BCUT2D eigenvalue weighted by Crippen LogP contribution is -2.52. The summed E-state index contributed by atoms with van der Waals surface area (Å²) >= 11 is 0. The van der Waals surface area contributed by atoms with Crippen molar-refractivity contribution in [1.29, 1.82) is 0 Å². The third-order valence-corrected chi connectivity index (χ3v) is 5.79. The van der Waals surface area contributed by atoms with Crippen LogP contribution in [0.3, 0.4) is 0 Å². The Kier molecular flexibility index (Phi) is 3.84. The molecule has 0 aromatic rings. The predicted molar refractivity (Wildman–Crippen MR) is 83.9 cm³/mol. The number of carbonyl (C=O) groups is 1. The average Bonchev–Trinajstić information content (AvgIpc) is 2.32. The van der Waals surface area contributed by atoms with Crippen LogP contribution in [0.15, 0.2) is 0 Å². The van der Waals surface area contributed by atoms with Crippen molar-refractivity contribution >= 4 is 5.91 Å². The Morgan fingerprint density at radius 3 is 2.00 bits per heavy atom. The molecule has 3 heteroatoms. The first kappa shape index (κ1) is 15.3. The zero-order valence-corrected chi connectivity index (χ0v) is 14.2. The zero-order chi connectivity index (χ0) is 15.3. The number of likely N-dealkylation sites (N-methyl/N-ethyl adjacent to an activating group) is 1. The van der Waals surface area contributed by atoms with Gasteiger partial charge in [0, 0.05) is 13.6 Å². The van der Waals surface area contributed by atoms with Gasteiger partial charge in [-0.1, -0.05) is 0 Å². The van der Waals surface area contributed by atoms with Gasteiger partial charge in [0.15, 0.2) is 0 Å². The van der Waals surface area contributed by atoms with Gasteiger partial charge in [0.25, 0.3) is 0 Å². The molecule has 4 rings (SSSR count). The van der Waals surface area contributed by atoms with E-state index in [4.69, 9.17) is 4.74 Å². The van der Waals surface area contributed by atoms with Crippen LogP contribution in [0.1, 0.15) is 59.3 Å². The van der Waals surface area contributed by atoms with Gasteiger partial charge in [0.1, 0.15) is 6.61 Å². The summed E-state index contributed by atoms with van der Waals surface area (Å²) in [6.45, 7) is 7.16. The zero-order valence-electron chi connectivity index (χ0n) is 14.2. The second-order valence-corrected chi connectivity index (χ2v) is 9.07. The first-order valence-electron chi connectivity index (χ1n) is 8.63. The van der Waals surface area contributed by atoms with Crippen LogP contribution in [0.4, 0.5) is 0 Å². The third-order valence-electron chi connectivity index (χ3n) is 5.79. The van der Waals surface area contributed by atoms with E-state index in [1.165, 1.54) is 38.5 Å². The molecule has 4 aliphatic carbocycles. The van der Waals surface area contributed by atoms with E-state index < -0.39 is 0 Å². The molecule has 0 heterocycles. The molecule has 0 radical (unpaired) electrons. The minimum Gasteiger partial charge on any atom is -0.366 e. The molecule has 0 N–H and O–H groups in total. The van der Waals surface area contributed by atoms with Gasteiger partial charge in [-0.2, -0.15) is 0 Å². The summed E-state index contributed by atoms with van der Waals surface area (Å²) in [5.74, 6) is 2.99. The van der Waals surface area contributed by atoms with E-state index in [0.717, 1.165) is 24.3 Å². The van der Waals surface area contributed by atoms with Gasteiger partial charge in [-0.05, 0) is 82.5 Å². The molecular weight excluding hydrogens is 262 g/mol. The standard InChI is InChI=1S/C18H31NO2/c1-17(2,3)21-11-16(20)19(4)12-18-8-13-5-14(9-18)7-15(6-13)10-18/h13-15H,5-12H2,1-4H3. The molecule has 21 heavy (non-hydrogen) atoms. The van der Waals surface area contributed by atoms with Gasteiger partial charge in [-0.3, -0.25) is 4.79 Å². The van der Waals surface area contributed by atoms with E-state index in [1.54, 1.807) is 0 Å². The highest BCUT2D eigenvalue weighted by Gasteiger charge is 2.51. The van der Waals surface area contributed by atoms with E-state index in [0.29, 0.717) is 5.41 Å². The molecule has 4 saturated carbocycles. The largest absolute Gasteiger partial charge is 0.366 e. The summed E-state index contributed by atoms with van der Waals surface area (Å²) in [6, 6.07) is 0. The maximum absolute atomic E-state index is 12.3. The number of carbonyl (C=O) groups excluding carboxylic acids is 1. The van der Waals surface area contributed by atoms with Crippen LogP contribution in [0.25, 0.3) is 0 Å². The van der Waals surface area contributed by atoms with Crippen molar-refractivity contribution in [3.05, 3.63) is 0 Å². The normalized spacial score (nSPS) is 37.8. The fourth-order valence-corrected chi connectivity index (χ4v) is 5.46. The third kappa shape index (κ3) is 3.44. The van der Waals surface area contributed by atoms with Crippen molar-refractivity contribution in [3.8, 4) is 0 Å². The molecule has 0 saturated heterocycles. The monoisotopic (exact) mass is 293 g/mol. The second kappa shape index (κ2) is 5.26. The van der Waals surface area contributed by atoms with Crippen molar-refractivity contribution in [2.75, 3.05) is 20.2 Å². The minimum atomic E-state index is -0.239. The smallest absolute Gasteiger partial charge is 0.248 e. The van der Waals surface area contributed by atoms with E-state index in [-0.39, 0.29) is 18.1 Å². The molecule has 4 bridgehead atoms. The van der Waals surface area contributed by atoms with Crippen molar-refractivity contribution in [2.24, 2.45) is 23.2 Å². The topological polar surface area (TPSA) is 29.5 Å². The highest BCUT2D eigenvalue weighted by atomic mass is 16.5. The fourth-order valence-electron chi connectivity index (χ4n) is 5.46. The SMILES string of the molecule is CN(CC12CC3CC(CC(C3)C1)C2)C(=O)COC(C)(C)C. The molecule has 4 aliphatic rings. The molecule has 0 unspecified atom stereocenters. The first-order chi connectivity index (χ1) is 9.75. The molecular formula is C18H31NO2. The van der Waals surface area contributed by atoms with Gasteiger partial charge in [-0.25, -0.2) is 0 Å². The highest BCUT2D eigenvalue weighted by Crippen LogP contribution is 2.60. The first-order valence-corrected chi connectivity index (χ1v) is 8.63. The Labute approximate surface area is 129 Å². The number of hydrogen-bond donors (Lipinski definition) is 0. The lowest BCUT2D eigenvalue weighted by molar-refractivity contribution is -0.144. The van der Waals surface area contributed by atoms with Gasteiger partial charge in [0.05, 0.1) is 5.60 Å². The number of ether oxygens (including phenoxy) is 1. The van der Waals surface area contributed by atoms with Gasteiger partial charge < -0.3 is 9.64 Å². The summed E-state index contributed by atoms with van der Waals surface area (Å²) in [5, 5.41) is 0. The van der Waals surface area contributed by atoms with Crippen LogP contribution >= 0.6 is 0 Å². The van der Waals surface area contributed by atoms with E-state index >= 15 is 0 Å². The Bertz CT molecular complexity index is 375. The van der Waals surface area contributed by atoms with Crippen LogP contribution in [0.2, 0.25) is 0 Å². The quantitative estimate of drug-likeness (QED) is 0.794. The molecule has 0 aromatic carbocycles. The van der Waals surface area contributed by atoms with E-state index in [9.17, 15) is 4.79 Å². The van der Waals surface area contributed by atoms with E-state index in [2.05, 4.69) is 0 Å². The number of hydrogen-bond acceptors (Lipinski definition) is 2. The highest BCUT2D eigenvalue weighted by molar-refractivity contribution is 5.77. The van der Waals surface area contributed by atoms with Crippen molar-refractivity contribution in [2.45, 2.75) is 64.9 Å². The number of nitrogens with zero attached hydrogens (tertiary/aromatic N) is 1. The fraction of sp³-hybridized carbons (Fsp3) is 0.944. The lowest BCUT2D eigenvalue weighted by atomic mass is 9.49. The Balaban J connectivity index is 1.57. The van der Waals surface area contributed by atoms with Gasteiger partial charge in [-0.15, -0.1) is 0 Å². The molecule has 0 aromatic heterocycles. The summed E-state index contributed by atoms with van der Waals surface area (Å²) < 4.78 is 5.64. The average molecular weight is 293 g/mol. The number of rotatable bonds is 4. The second-order valence-electron chi connectivity index (χ2n) is 9.07. The molecule has 0 spiro atoms. The molecule has 0 aliphatic heterocycles. The molecule has 0 atom stereocenters. The van der Waals surface area contributed by atoms with Crippen molar-refractivity contribution < 1.29 is 9.53 Å². The minimum absolute atomic E-state index is 0.140. The van der Waals surface area contributed by atoms with Crippen LogP contribution in [0.5, 0.6) is 0 Å². The van der Waals surface area contributed by atoms with Gasteiger partial charge in [0.2, 0.25) is 5.91 Å². The Morgan fingerprint density at radius 2 is 1.57 bits per heavy atom. The Morgan fingerprint density at radius 1 is 1.10 bits per heavy atom. The lowest BCUT2D eigenvalue weighted by Gasteiger charge is -2.57.